The average molecular weight is 290 g/mol. The SMILES string of the molecule is CCC(CC(C)C(=O)Nc1ccccc1)C(=O)NC(C)C. The van der Waals surface area contributed by atoms with Crippen molar-refractivity contribution in [2.45, 2.75) is 46.6 Å². The van der Waals surface area contributed by atoms with Crippen molar-refractivity contribution in [3.63, 3.8) is 0 Å². The second-order valence-corrected chi connectivity index (χ2v) is 5.76. The van der Waals surface area contributed by atoms with Gasteiger partial charge in [0.2, 0.25) is 11.8 Å². The van der Waals surface area contributed by atoms with Gasteiger partial charge in [0.15, 0.2) is 0 Å². The van der Waals surface area contributed by atoms with E-state index in [1.165, 1.54) is 0 Å². The molecule has 21 heavy (non-hydrogen) atoms. The lowest BCUT2D eigenvalue weighted by molar-refractivity contribution is -0.127. The first-order valence-corrected chi connectivity index (χ1v) is 7.60. The normalized spacial score (nSPS) is 13.6. The predicted octanol–water partition coefficient (Wildman–Crippen LogP) is 3.20. The van der Waals surface area contributed by atoms with Gasteiger partial charge in [-0.25, -0.2) is 0 Å². The highest BCUT2D eigenvalue weighted by Gasteiger charge is 2.23. The highest BCUT2D eigenvalue weighted by atomic mass is 16.2. The number of anilines is 1. The first-order chi connectivity index (χ1) is 9.93. The van der Waals surface area contributed by atoms with E-state index in [1.807, 2.05) is 58.0 Å². The second-order valence-electron chi connectivity index (χ2n) is 5.76. The fraction of sp³-hybridized carbons (Fsp3) is 0.529. The summed E-state index contributed by atoms with van der Waals surface area (Å²) < 4.78 is 0. The lowest BCUT2D eigenvalue weighted by Gasteiger charge is -2.20. The molecule has 0 aliphatic rings. The number of rotatable bonds is 7. The highest BCUT2D eigenvalue weighted by molar-refractivity contribution is 5.92. The van der Waals surface area contributed by atoms with Gasteiger partial charge in [0.25, 0.3) is 0 Å². The maximum Gasteiger partial charge on any atom is 0.227 e. The topological polar surface area (TPSA) is 58.2 Å². The molecule has 0 aliphatic heterocycles. The van der Waals surface area contributed by atoms with Crippen LogP contribution in [0, 0.1) is 11.8 Å². The molecule has 4 nitrogen and oxygen atoms in total. The van der Waals surface area contributed by atoms with Crippen LogP contribution in [0.15, 0.2) is 30.3 Å². The Morgan fingerprint density at radius 2 is 1.67 bits per heavy atom. The smallest absolute Gasteiger partial charge is 0.227 e. The Hall–Kier alpha value is -1.84. The number of hydrogen-bond donors (Lipinski definition) is 2. The summed E-state index contributed by atoms with van der Waals surface area (Å²) in [6, 6.07) is 9.50. The molecular weight excluding hydrogens is 264 g/mol. The minimum absolute atomic E-state index is 0.0341. The van der Waals surface area contributed by atoms with Crippen LogP contribution in [-0.2, 0) is 9.59 Å². The monoisotopic (exact) mass is 290 g/mol. The third-order valence-electron chi connectivity index (χ3n) is 3.42. The van der Waals surface area contributed by atoms with Gasteiger partial charge < -0.3 is 10.6 Å². The standard InChI is InChI=1S/C17H26N2O2/c1-5-14(17(21)18-12(2)3)11-13(4)16(20)19-15-9-7-6-8-10-15/h6-10,12-14H,5,11H2,1-4H3,(H,18,21)(H,19,20). The molecule has 1 aromatic rings. The van der Waals surface area contributed by atoms with Gasteiger partial charge in [-0.05, 0) is 38.8 Å². The summed E-state index contributed by atoms with van der Waals surface area (Å²) in [5.74, 6) is -0.333. The Morgan fingerprint density at radius 3 is 2.19 bits per heavy atom. The molecule has 0 saturated heterocycles. The fourth-order valence-electron chi connectivity index (χ4n) is 2.18. The van der Waals surface area contributed by atoms with E-state index in [-0.39, 0.29) is 29.7 Å². The summed E-state index contributed by atoms with van der Waals surface area (Å²) in [4.78, 5) is 24.2. The van der Waals surface area contributed by atoms with Crippen molar-refractivity contribution in [3.05, 3.63) is 30.3 Å². The van der Waals surface area contributed by atoms with E-state index in [4.69, 9.17) is 0 Å². The Bertz CT molecular complexity index is 457. The van der Waals surface area contributed by atoms with Gasteiger partial charge in [0.05, 0.1) is 0 Å². The van der Waals surface area contributed by atoms with Crippen molar-refractivity contribution in [2.24, 2.45) is 11.8 Å². The van der Waals surface area contributed by atoms with Gasteiger partial charge >= 0.3 is 0 Å². The van der Waals surface area contributed by atoms with Crippen LogP contribution in [-0.4, -0.2) is 17.9 Å². The van der Waals surface area contributed by atoms with Gasteiger partial charge in [-0.3, -0.25) is 9.59 Å². The zero-order chi connectivity index (χ0) is 15.8. The largest absolute Gasteiger partial charge is 0.354 e. The molecule has 1 rings (SSSR count). The summed E-state index contributed by atoms with van der Waals surface area (Å²) in [6.45, 7) is 7.72. The Kier molecular flexibility index (Phi) is 6.92. The number of carbonyl (C=O) groups excluding carboxylic acids is 2. The van der Waals surface area contributed by atoms with Gasteiger partial charge in [0, 0.05) is 23.6 Å². The maximum atomic E-state index is 12.2. The number of nitrogens with one attached hydrogen (secondary N) is 2. The maximum absolute atomic E-state index is 12.2. The quantitative estimate of drug-likeness (QED) is 0.810. The second kappa shape index (κ2) is 8.45. The van der Waals surface area contributed by atoms with Gasteiger partial charge in [0.1, 0.15) is 0 Å². The van der Waals surface area contributed by atoms with Gasteiger partial charge in [-0.2, -0.15) is 0 Å². The van der Waals surface area contributed by atoms with E-state index in [0.717, 1.165) is 12.1 Å². The summed E-state index contributed by atoms with van der Waals surface area (Å²) in [5, 5.41) is 5.80. The van der Waals surface area contributed by atoms with E-state index in [0.29, 0.717) is 6.42 Å². The molecular formula is C17H26N2O2. The van der Waals surface area contributed by atoms with E-state index >= 15 is 0 Å². The number of para-hydroxylation sites is 1. The van der Waals surface area contributed by atoms with E-state index in [2.05, 4.69) is 10.6 Å². The number of hydrogen-bond acceptors (Lipinski definition) is 2. The van der Waals surface area contributed by atoms with Crippen LogP contribution >= 0.6 is 0 Å². The third kappa shape index (κ3) is 5.98. The minimum atomic E-state index is -0.201. The zero-order valence-electron chi connectivity index (χ0n) is 13.3. The molecule has 0 heterocycles. The van der Waals surface area contributed by atoms with Crippen LogP contribution in [0.25, 0.3) is 0 Å². The molecule has 0 saturated carbocycles. The molecule has 2 atom stereocenters. The molecule has 4 heteroatoms. The Balaban J connectivity index is 2.55. The third-order valence-corrected chi connectivity index (χ3v) is 3.42. The van der Waals surface area contributed by atoms with Crippen molar-refractivity contribution >= 4 is 17.5 Å². The van der Waals surface area contributed by atoms with Crippen LogP contribution < -0.4 is 10.6 Å². The Labute approximate surface area is 127 Å². The molecule has 1 aromatic carbocycles. The first kappa shape index (κ1) is 17.2. The minimum Gasteiger partial charge on any atom is -0.354 e. The average Bonchev–Trinajstić information content (AvgIpc) is 2.44. The van der Waals surface area contributed by atoms with Gasteiger partial charge in [-0.1, -0.05) is 32.0 Å². The lowest BCUT2D eigenvalue weighted by atomic mass is 9.92. The van der Waals surface area contributed by atoms with E-state index < -0.39 is 0 Å². The summed E-state index contributed by atoms with van der Waals surface area (Å²) >= 11 is 0. The van der Waals surface area contributed by atoms with Crippen LogP contribution in [0.3, 0.4) is 0 Å². The zero-order valence-corrected chi connectivity index (χ0v) is 13.3. The summed E-state index contributed by atoms with van der Waals surface area (Å²) in [6.07, 6.45) is 1.30. The summed E-state index contributed by atoms with van der Waals surface area (Å²) in [5.41, 5.74) is 0.786. The highest BCUT2D eigenvalue weighted by Crippen LogP contribution is 2.18. The van der Waals surface area contributed by atoms with Crippen molar-refractivity contribution in [1.29, 1.82) is 0 Å². The van der Waals surface area contributed by atoms with E-state index in [9.17, 15) is 9.59 Å². The molecule has 0 radical (unpaired) electrons. The van der Waals surface area contributed by atoms with Crippen LogP contribution in [0.1, 0.15) is 40.5 Å². The molecule has 2 unspecified atom stereocenters. The van der Waals surface area contributed by atoms with Crippen LogP contribution in [0.4, 0.5) is 5.69 Å². The molecule has 0 aromatic heterocycles. The molecule has 2 amide bonds. The number of benzene rings is 1. The van der Waals surface area contributed by atoms with Gasteiger partial charge in [-0.15, -0.1) is 0 Å². The van der Waals surface area contributed by atoms with Crippen LogP contribution in [0.2, 0.25) is 0 Å². The summed E-state index contributed by atoms with van der Waals surface area (Å²) in [7, 11) is 0. The first-order valence-electron chi connectivity index (χ1n) is 7.60. The van der Waals surface area contributed by atoms with Crippen molar-refractivity contribution in [3.8, 4) is 0 Å². The molecule has 2 N–H and O–H groups in total. The molecule has 0 aliphatic carbocycles. The van der Waals surface area contributed by atoms with Crippen LogP contribution in [0.5, 0.6) is 0 Å². The molecule has 116 valence electrons. The number of amides is 2. The predicted molar refractivity (Wildman–Crippen MR) is 85.9 cm³/mol. The lowest BCUT2D eigenvalue weighted by Crippen LogP contribution is -2.37. The molecule has 0 spiro atoms. The van der Waals surface area contributed by atoms with E-state index in [1.54, 1.807) is 0 Å². The van der Waals surface area contributed by atoms with Crippen molar-refractivity contribution < 1.29 is 9.59 Å². The van der Waals surface area contributed by atoms with Crippen molar-refractivity contribution in [1.82, 2.24) is 5.32 Å². The Morgan fingerprint density at radius 1 is 1.05 bits per heavy atom. The molecule has 0 fully saturated rings. The number of carbonyl (C=O) groups is 2. The van der Waals surface area contributed by atoms with Crippen molar-refractivity contribution in [2.75, 3.05) is 5.32 Å². The molecule has 0 bridgehead atoms. The fourth-order valence-corrected chi connectivity index (χ4v) is 2.18.